The second kappa shape index (κ2) is 8.30. The standard InChI is InChI=1S/C22H18N4O3S/c1-14-10-18(15(2)20(11-14)26(27)28)21-9-8-17(29-21)12-23-25-22-24-19(13-30-22)16-6-4-3-5-7-16/h3-13H,1-2H3,(H,24,25)/b23-12-. The van der Waals surface area contributed by atoms with Gasteiger partial charge in [-0.25, -0.2) is 4.98 Å². The van der Waals surface area contributed by atoms with Crippen molar-refractivity contribution in [3.8, 4) is 22.6 Å². The van der Waals surface area contributed by atoms with Gasteiger partial charge in [-0.1, -0.05) is 30.3 Å². The van der Waals surface area contributed by atoms with Crippen LogP contribution in [-0.4, -0.2) is 16.1 Å². The molecule has 2 aromatic heterocycles. The highest BCUT2D eigenvalue weighted by Crippen LogP contribution is 2.32. The number of benzene rings is 2. The van der Waals surface area contributed by atoms with E-state index in [4.69, 9.17) is 4.42 Å². The summed E-state index contributed by atoms with van der Waals surface area (Å²) in [6.45, 7) is 3.54. The molecule has 0 radical (unpaired) electrons. The molecule has 8 heteroatoms. The van der Waals surface area contributed by atoms with Crippen molar-refractivity contribution in [3.05, 3.63) is 87.0 Å². The minimum atomic E-state index is -0.376. The van der Waals surface area contributed by atoms with E-state index < -0.39 is 0 Å². The Hall–Kier alpha value is -3.78. The number of hydrazone groups is 1. The predicted octanol–water partition coefficient (Wildman–Crippen LogP) is 6.04. The van der Waals surface area contributed by atoms with E-state index in [9.17, 15) is 10.1 Å². The molecule has 0 saturated carbocycles. The first-order valence-corrected chi connectivity index (χ1v) is 10.0. The Labute approximate surface area is 176 Å². The topological polar surface area (TPSA) is 93.6 Å². The van der Waals surface area contributed by atoms with Crippen LogP contribution in [0.1, 0.15) is 16.9 Å². The molecule has 0 aliphatic carbocycles. The molecule has 150 valence electrons. The van der Waals surface area contributed by atoms with Crippen molar-refractivity contribution in [2.45, 2.75) is 13.8 Å². The molecule has 0 atom stereocenters. The maximum atomic E-state index is 11.3. The molecule has 0 bridgehead atoms. The summed E-state index contributed by atoms with van der Waals surface area (Å²) in [6.07, 6.45) is 1.55. The van der Waals surface area contributed by atoms with Crippen LogP contribution in [0.25, 0.3) is 22.6 Å². The molecule has 1 N–H and O–H groups in total. The number of anilines is 1. The summed E-state index contributed by atoms with van der Waals surface area (Å²) in [5, 5.41) is 18.1. The normalized spacial score (nSPS) is 11.1. The Kier molecular flexibility index (Phi) is 5.40. The molecular weight excluding hydrogens is 400 g/mol. The lowest BCUT2D eigenvalue weighted by Gasteiger charge is -2.05. The van der Waals surface area contributed by atoms with E-state index >= 15 is 0 Å². The van der Waals surface area contributed by atoms with Gasteiger partial charge in [0.25, 0.3) is 5.69 Å². The number of hydrogen-bond acceptors (Lipinski definition) is 7. The van der Waals surface area contributed by atoms with Crippen molar-refractivity contribution in [1.29, 1.82) is 0 Å². The Bertz CT molecular complexity index is 1230. The number of hydrogen-bond donors (Lipinski definition) is 1. The SMILES string of the molecule is Cc1cc(-c2ccc(/C=N\Nc3nc(-c4ccccc4)cs3)o2)c(C)c([N+](=O)[O-])c1. The number of nitrogens with zero attached hydrogens (tertiary/aromatic N) is 3. The van der Waals surface area contributed by atoms with Crippen LogP contribution in [-0.2, 0) is 0 Å². The zero-order valence-corrected chi connectivity index (χ0v) is 17.1. The lowest BCUT2D eigenvalue weighted by molar-refractivity contribution is -0.385. The number of rotatable bonds is 6. The first-order chi connectivity index (χ1) is 14.5. The molecule has 0 aliphatic heterocycles. The van der Waals surface area contributed by atoms with E-state index in [2.05, 4.69) is 15.5 Å². The molecule has 4 rings (SSSR count). The molecule has 0 fully saturated rings. The fourth-order valence-electron chi connectivity index (χ4n) is 3.07. The third kappa shape index (κ3) is 4.13. The number of aromatic nitrogens is 1. The van der Waals surface area contributed by atoms with E-state index in [1.807, 2.05) is 48.7 Å². The Balaban J connectivity index is 1.49. The first-order valence-electron chi connectivity index (χ1n) is 9.17. The van der Waals surface area contributed by atoms with Crippen LogP contribution in [0.5, 0.6) is 0 Å². The highest BCUT2D eigenvalue weighted by atomic mass is 32.1. The Morgan fingerprint density at radius 3 is 2.73 bits per heavy atom. The average molecular weight is 418 g/mol. The molecule has 2 heterocycles. The quantitative estimate of drug-likeness (QED) is 0.234. The fourth-order valence-corrected chi connectivity index (χ4v) is 3.74. The van der Waals surface area contributed by atoms with Gasteiger partial charge in [0.15, 0.2) is 0 Å². The van der Waals surface area contributed by atoms with Gasteiger partial charge in [-0.3, -0.25) is 15.5 Å². The van der Waals surface area contributed by atoms with E-state index in [1.54, 1.807) is 31.3 Å². The van der Waals surface area contributed by atoms with Crippen molar-refractivity contribution in [2.75, 3.05) is 5.43 Å². The van der Waals surface area contributed by atoms with Crippen molar-refractivity contribution >= 4 is 28.4 Å². The Morgan fingerprint density at radius 1 is 1.17 bits per heavy atom. The number of furan rings is 1. The minimum absolute atomic E-state index is 0.0799. The Morgan fingerprint density at radius 2 is 1.97 bits per heavy atom. The summed E-state index contributed by atoms with van der Waals surface area (Å²) in [5.74, 6) is 1.09. The zero-order chi connectivity index (χ0) is 21.1. The van der Waals surface area contributed by atoms with Crippen LogP contribution in [0.15, 0.2) is 69.5 Å². The minimum Gasteiger partial charge on any atom is -0.455 e. The number of nitro groups is 1. The third-order valence-corrected chi connectivity index (χ3v) is 5.29. The van der Waals surface area contributed by atoms with Gasteiger partial charge in [0.05, 0.1) is 16.8 Å². The molecule has 0 unspecified atom stereocenters. The zero-order valence-electron chi connectivity index (χ0n) is 16.3. The van der Waals surface area contributed by atoms with Crippen molar-refractivity contribution in [3.63, 3.8) is 0 Å². The van der Waals surface area contributed by atoms with Gasteiger partial charge in [-0.15, -0.1) is 11.3 Å². The van der Waals surface area contributed by atoms with E-state index in [1.165, 1.54) is 11.3 Å². The molecule has 0 spiro atoms. The summed E-state index contributed by atoms with van der Waals surface area (Å²) in [4.78, 5) is 15.4. The smallest absolute Gasteiger partial charge is 0.273 e. The molecule has 30 heavy (non-hydrogen) atoms. The van der Waals surface area contributed by atoms with E-state index in [0.717, 1.165) is 16.8 Å². The van der Waals surface area contributed by atoms with Crippen LogP contribution in [0.3, 0.4) is 0 Å². The lowest BCUT2D eigenvalue weighted by atomic mass is 10.0. The van der Waals surface area contributed by atoms with Gasteiger partial charge in [0.2, 0.25) is 5.13 Å². The molecule has 7 nitrogen and oxygen atoms in total. The number of aryl methyl sites for hydroxylation is 1. The average Bonchev–Trinajstić information content (AvgIpc) is 3.40. The summed E-state index contributed by atoms with van der Waals surface area (Å²) in [6, 6.07) is 16.9. The van der Waals surface area contributed by atoms with Crippen molar-refractivity contribution in [1.82, 2.24) is 4.98 Å². The summed E-state index contributed by atoms with van der Waals surface area (Å²) in [7, 11) is 0. The maximum Gasteiger partial charge on any atom is 0.273 e. The molecule has 0 amide bonds. The first kappa shape index (κ1) is 19.5. The molecule has 0 aliphatic rings. The van der Waals surface area contributed by atoms with E-state index in [-0.39, 0.29) is 10.6 Å². The van der Waals surface area contributed by atoms with Crippen LogP contribution in [0.2, 0.25) is 0 Å². The van der Waals surface area contributed by atoms with Gasteiger partial charge >= 0.3 is 0 Å². The fraction of sp³-hybridized carbons (Fsp3) is 0.0909. The van der Waals surface area contributed by atoms with Gasteiger partial charge < -0.3 is 4.42 Å². The third-order valence-electron chi connectivity index (χ3n) is 4.54. The second-order valence-corrected chi connectivity index (χ2v) is 7.55. The van der Waals surface area contributed by atoms with Crippen LogP contribution in [0.4, 0.5) is 10.8 Å². The highest BCUT2D eigenvalue weighted by molar-refractivity contribution is 7.14. The van der Waals surface area contributed by atoms with Gasteiger partial charge in [-0.2, -0.15) is 5.10 Å². The van der Waals surface area contributed by atoms with Gasteiger partial charge in [0.1, 0.15) is 11.5 Å². The number of nitro benzene ring substituents is 1. The van der Waals surface area contributed by atoms with Crippen LogP contribution in [0, 0.1) is 24.0 Å². The van der Waals surface area contributed by atoms with Crippen LogP contribution < -0.4 is 5.43 Å². The molecular formula is C22H18N4O3S. The van der Waals surface area contributed by atoms with Gasteiger partial charge in [-0.05, 0) is 37.6 Å². The highest BCUT2D eigenvalue weighted by Gasteiger charge is 2.18. The summed E-state index contributed by atoms with van der Waals surface area (Å²) in [5.41, 5.74) is 6.98. The molecule has 0 saturated heterocycles. The number of thiazole rings is 1. The lowest BCUT2D eigenvalue weighted by Crippen LogP contribution is -1.95. The molecule has 4 aromatic rings. The predicted molar refractivity (Wildman–Crippen MR) is 119 cm³/mol. The van der Waals surface area contributed by atoms with Gasteiger partial charge in [0, 0.05) is 28.1 Å². The number of nitrogens with one attached hydrogen (secondary N) is 1. The maximum absolute atomic E-state index is 11.3. The summed E-state index contributed by atoms with van der Waals surface area (Å²) < 4.78 is 5.82. The molecule has 2 aromatic carbocycles. The second-order valence-electron chi connectivity index (χ2n) is 6.69. The van der Waals surface area contributed by atoms with Crippen LogP contribution >= 0.6 is 11.3 Å². The van der Waals surface area contributed by atoms with E-state index in [0.29, 0.717) is 27.8 Å². The van der Waals surface area contributed by atoms with Crippen molar-refractivity contribution in [2.24, 2.45) is 5.10 Å². The van der Waals surface area contributed by atoms with Crippen molar-refractivity contribution < 1.29 is 9.34 Å². The largest absolute Gasteiger partial charge is 0.455 e. The monoisotopic (exact) mass is 418 g/mol. The summed E-state index contributed by atoms with van der Waals surface area (Å²) >= 11 is 1.46.